The molecule has 2 N–H and O–H groups in total. The lowest BCUT2D eigenvalue weighted by molar-refractivity contribution is -0.125. The summed E-state index contributed by atoms with van der Waals surface area (Å²) in [6, 6.07) is 0. The average molecular weight is 244 g/mol. The molecule has 3 amide bonds. The summed E-state index contributed by atoms with van der Waals surface area (Å²) < 4.78 is 0. The molecule has 0 aliphatic carbocycles. The minimum atomic E-state index is -1.52. The Morgan fingerprint density at radius 1 is 1.12 bits per heavy atom. The molecule has 0 radical (unpaired) electrons. The van der Waals surface area contributed by atoms with Crippen molar-refractivity contribution in [3.63, 3.8) is 0 Å². The molecule has 0 spiro atoms. The number of hydrogen-bond donors (Lipinski definition) is 2. The second-order valence-corrected chi connectivity index (χ2v) is 3.58. The van der Waals surface area contributed by atoms with Crippen LogP contribution in [-0.2, 0) is 4.79 Å². The quantitative estimate of drug-likeness (QED) is 0.705. The van der Waals surface area contributed by atoms with Gasteiger partial charge in [-0.1, -0.05) is 6.58 Å². The van der Waals surface area contributed by atoms with Gasteiger partial charge in [0.05, 0.1) is 0 Å². The van der Waals surface area contributed by atoms with Gasteiger partial charge in [0, 0.05) is 25.7 Å². The van der Waals surface area contributed by atoms with E-state index in [1.807, 2.05) is 0 Å². The molecule has 0 bridgehead atoms. The summed E-state index contributed by atoms with van der Waals surface area (Å²) in [7, 11) is 1.54. The Morgan fingerprint density at radius 3 is 1.94 bits per heavy atom. The number of carboxylic acid groups (broad SMARTS) is 2. The SMILES string of the molecule is C=C(C)C(=O)N(C)CCCN(C(=O)O)C(=O)O. The third-order valence-corrected chi connectivity index (χ3v) is 2.05. The number of imide groups is 1. The first-order chi connectivity index (χ1) is 7.77. The van der Waals surface area contributed by atoms with E-state index in [-0.39, 0.29) is 30.3 Å². The van der Waals surface area contributed by atoms with E-state index >= 15 is 0 Å². The Bertz CT molecular complexity index is 326. The summed E-state index contributed by atoms with van der Waals surface area (Å²) in [6.45, 7) is 5.15. The number of hydrogen-bond acceptors (Lipinski definition) is 3. The van der Waals surface area contributed by atoms with Crippen molar-refractivity contribution in [2.45, 2.75) is 13.3 Å². The molecule has 0 aromatic heterocycles. The van der Waals surface area contributed by atoms with E-state index in [9.17, 15) is 14.4 Å². The van der Waals surface area contributed by atoms with Crippen molar-refractivity contribution in [2.24, 2.45) is 0 Å². The van der Waals surface area contributed by atoms with Crippen molar-refractivity contribution in [3.8, 4) is 0 Å². The molecule has 0 aromatic rings. The van der Waals surface area contributed by atoms with Crippen LogP contribution in [0.5, 0.6) is 0 Å². The molecule has 0 aliphatic rings. The summed E-state index contributed by atoms with van der Waals surface area (Å²) in [5.74, 6) is -0.248. The van der Waals surface area contributed by atoms with Gasteiger partial charge < -0.3 is 15.1 Å². The summed E-state index contributed by atoms with van der Waals surface area (Å²) in [6.07, 6.45) is -2.80. The summed E-state index contributed by atoms with van der Waals surface area (Å²) in [5, 5.41) is 17.1. The zero-order valence-electron chi connectivity index (χ0n) is 9.84. The highest BCUT2D eigenvalue weighted by atomic mass is 16.4. The zero-order valence-corrected chi connectivity index (χ0v) is 9.84. The molecule has 0 fully saturated rings. The van der Waals surface area contributed by atoms with Crippen LogP contribution >= 0.6 is 0 Å². The largest absolute Gasteiger partial charge is 0.465 e. The van der Waals surface area contributed by atoms with E-state index in [1.54, 1.807) is 14.0 Å². The topological polar surface area (TPSA) is 98.2 Å². The summed E-state index contributed by atoms with van der Waals surface area (Å²) in [5.41, 5.74) is 0.376. The molecule has 0 heterocycles. The molecular formula is C10H16N2O5. The Kier molecular flexibility index (Phi) is 5.73. The van der Waals surface area contributed by atoms with E-state index in [0.29, 0.717) is 5.57 Å². The maximum atomic E-state index is 11.4. The van der Waals surface area contributed by atoms with Crippen molar-refractivity contribution in [1.82, 2.24) is 9.80 Å². The first-order valence-corrected chi connectivity index (χ1v) is 4.91. The van der Waals surface area contributed by atoms with Crippen LogP contribution in [0.3, 0.4) is 0 Å². The minimum Gasteiger partial charge on any atom is -0.465 e. The highest BCUT2D eigenvalue weighted by molar-refractivity contribution is 5.91. The maximum Gasteiger partial charge on any atom is 0.416 e. The first kappa shape index (κ1) is 14.9. The number of amides is 3. The maximum absolute atomic E-state index is 11.4. The Labute approximate surface area is 98.9 Å². The summed E-state index contributed by atoms with van der Waals surface area (Å²) in [4.78, 5) is 34.0. The number of carbonyl (C=O) groups excluding carboxylic acids is 1. The molecule has 7 nitrogen and oxygen atoms in total. The van der Waals surface area contributed by atoms with Crippen molar-refractivity contribution in [2.75, 3.05) is 20.1 Å². The van der Waals surface area contributed by atoms with Gasteiger partial charge in [0.2, 0.25) is 5.91 Å². The van der Waals surface area contributed by atoms with Crippen LogP contribution in [0.1, 0.15) is 13.3 Å². The van der Waals surface area contributed by atoms with Crippen LogP contribution in [0.2, 0.25) is 0 Å². The molecule has 96 valence electrons. The molecule has 0 saturated heterocycles. The highest BCUT2D eigenvalue weighted by Crippen LogP contribution is 1.99. The normalized spacial score (nSPS) is 9.53. The second-order valence-electron chi connectivity index (χ2n) is 3.58. The highest BCUT2D eigenvalue weighted by Gasteiger charge is 2.19. The third-order valence-electron chi connectivity index (χ3n) is 2.05. The molecule has 0 aliphatic heterocycles. The van der Waals surface area contributed by atoms with Crippen molar-refractivity contribution >= 4 is 18.1 Å². The lowest BCUT2D eigenvalue weighted by Gasteiger charge is -2.19. The van der Waals surface area contributed by atoms with E-state index in [2.05, 4.69) is 6.58 Å². The van der Waals surface area contributed by atoms with Crippen molar-refractivity contribution in [3.05, 3.63) is 12.2 Å². The summed E-state index contributed by atoms with van der Waals surface area (Å²) >= 11 is 0. The van der Waals surface area contributed by atoms with Gasteiger partial charge in [-0.25, -0.2) is 14.5 Å². The van der Waals surface area contributed by atoms with Crippen LogP contribution in [0.4, 0.5) is 9.59 Å². The number of rotatable bonds is 5. The zero-order chi connectivity index (χ0) is 13.6. The van der Waals surface area contributed by atoms with E-state index in [0.717, 1.165) is 0 Å². The molecule has 0 saturated carbocycles. The predicted octanol–water partition coefficient (Wildman–Crippen LogP) is 1.07. The average Bonchev–Trinajstić information content (AvgIpc) is 2.21. The van der Waals surface area contributed by atoms with Gasteiger partial charge >= 0.3 is 12.2 Å². The number of carbonyl (C=O) groups is 3. The van der Waals surface area contributed by atoms with Crippen molar-refractivity contribution in [1.29, 1.82) is 0 Å². The number of likely N-dealkylation sites (N-methyl/N-ethyl adjacent to an activating group) is 1. The fourth-order valence-electron chi connectivity index (χ4n) is 1.17. The van der Waals surface area contributed by atoms with Crippen molar-refractivity contribution < 1.29 is 24.6 Å². The minimum absolute atomic E-state index is 0.168. The van der Waals surface area contributed by atoms with Crippen LogP contribution in [0.25, 0.3) is 0 Å². The van der Waals surface area contributed by atoms with Gasteiger partial charge in [0.25, 0.3) is 0 Å². The molecule has 17 heavy (non-hydrogen) atoms. The van der Waals surface area contributed by atoms with Crippen LogP contribution in [-0.4, -0.2) is 58.2 Å². The Balaban J connectivity index is 4.14. The third kappa shape index (κ3) is 5.01. The van der Waals surface area contributed by atoms with Gasteiger partial charge in [-0.05, 0) is 13.3 Å². The molecule has 0 rings (SSSR count). The van der Waals surface area contributed by atoms with Crippen LogP contribution in [0.15, 0.2) is 12.2 Å². The van der Waals surface area contributed by atoms with E-state index in [4.69, 9.17) is 10.2 Å². The molecule has 0 atom stereocenters. The van der Waals surface area contributed by atoms with E-state index < -0.39 is 12.2 Å². The fraction of sp³-hybridized carbons (Fsp3) is 0.500. The Hall–Kier alpha value is -2.05. The first-order valence-electron chi connectivity index (χ1n) is 4.91. The van der Waals surface area contributed by atoms with E-state index in [1.165, 1.54) is 4.90 Å². The Morgan fingerprint density at radius 2 is 1.59 bits per heavy atom. The van der Waals surface area contributed by atoms with Crippen LogP contribution < -0.4 is 0 Å². The predicted molar refractivity (Wildman–Crippen MR) is 59.8 cm³/mol. The van der Waals surface area contributed by atoms with Gasteiger partial charge in [0.1, 0.15) is 0 Å². The van der Waals surface area contributed by atoms with Crippen LogP contribution in [0, 0.1) is 0 Å². The monoisotopic (exact) mass is 244 g/mol. The smallest absolute Gasteiger partial charge is 0.416 e. The second kappa shape index (κ2) is 6.51. The molecule has 7 heteroatoms. The standard InChI is InChI=1S/C10H16N2O5/c1-7(2)8(13)11(3)5-4-6-12(9(14)15)10(16)17/h1,4-6H2,2-3H3,(H,14,15)(H,16,17). The lowest BCUT2D eigenvalue weighted by atomic mass is 10.3. The van der Waals surface area contributed by atoms with Gasteiger partial charge in [-0.3, -0.25) is 4.79 Å². The lowest BCUT2D eigenvalue weighted by Crippen LogP contribution is -2.37. The molecule has 0 aromatic carbocycles. The van der Waals surface area contributed by atoms with Gasteiger partial charge in [-0.15, -0.1) is 0 Å². The fourth-order valence-corrected chi connectivity index (χ4v) is 1.17. The van der Waals surface area contributed by atoms with Gasteiger partial charge in [-0.2, -0.15) is 0 Å². The molecule has 0 unspecified atom stereocenters. The van der Waals surface area contributed by atoms with Gasteiger partial charge in [0.15, 0.2) is 0 Å². The number of nitrogens with zero attached hydrogens (tertiary/aromatic N) is 2. The molecular weight excluding hydrogens is 228 g/mol.